The summed E-state index contributed by atoms with van der Waals surface area (Å²) in [4.78, 5) is 14.0. The Labute approximate surface area is 47.1 Å². The van der Waals surface area contributed by atoms with Gasteiger partial charge in [-0.3, -0.25) is 4.84 Å². The fraction of sp³-hybridized carbons (Fsp3) is 0.500. The fourth-order valence-electron chi connectivity index (χ4n) is 0.197. The van der Waals surface area contributed by atoms with Crippen molar-refractivity contribution in [3.05, 3.63) is 0 Å². The number of hydrogen-bond acceptors (Lipinski definition) is 4. The Kier molecular flexibility index (Phi) is 3.56. The average Bonchev–Trinajstić information content (AvgIpc) is 1.68. The molecule has 0 aliphatic heterocycles. The van der Waals surface area contributed by atoms with Gasteiger partial charge in [-0.15, -0.1) is 0 Å². The molecule has 0 amide bonds. The molecule has 0 atom stereocenters. The van der Waals surface area contributed by atoms with Gasteiger partial charge in [-0.05, 0) is 6.92 Å². The average molecular weight is 117 g/mol. The van der Waals surface area contributed by atoms with Gasteiger partial charge >= 0.3 is 6.16 Å². The molecule has 0 unspecified atom stereocenters. The SMILES string of the molecule is C=NOC(=O)OCC. The zero-order chi connectivity index (χ0) is 6.41. The van der Waals surface area contributed by atoms with E-state index < -0.39 is 6.16 Å². The quantitative estimate of drug-likeness (QED) is 0.232. The van der Waals surface area contributed by atoms with E-state index in [4.69, 9.17) is 0 Å². The van der Waals surface area contributed by atoms with Gasteiger partial charge in [0.2, 0.25) is 0 Å². The molecule has 0 saturated heterocycles. The first-order valence-corrected chi connectivity index (χ1v) is 2.11. The molecule has 0 aliphatic carbocycles. The number of oxime groups is 1. The molecular weight excluding hydrogens is 110 g/mol. The Balaban J connectivity index is 3.18. The standard InChI is InChI=1S/C4H7NO3/c1-3-7-4(6)8-5-2/h2-3H2,1H3. The second-order valence-electron chi connectivity index (χ2n) is 0.903. The molecule has 46 valence electrons. The van der Waals surface area contributed by atoms with Gasteiger partial charge in [0.15, 0.2) is 0 Å². The summed E-state index contributed by atoms with van der Waals surface area (Å²) in [5.74, 6) is 0. The summed E-state index contributed by atoms with van der Waals surface area (Å²) < 4.78 is 4.29. The summed E-state index contributed by atoms with van der Waals surface area (Å²) in [6.45, 7) is 4.87. The molecular formula is C4H7NO3. The first-order valence-electron chi connectivity index (χ1n) is 2.11. The van der Waals surface area contributed by atoms with E-state index in [9.17, 15) is 4.79 Å². The summed E-state index contributed by atoms with van der Waals surface area (Å²) >= 11 is 0. The van der Waals surface area contributed by atoms with Gasteiger partial charge in [0.1, 0.15) is 0 Å². The second-order valence-corrected chi connectivity index (χ2v) is 0.903. The van der Waals surface area contributed by atoms with E-state index >= 15 is 0 Å². The van der Waals surface area contributed by atoms with Crippen LogP contribution in [0.1, 0.15) is 6.92 Å². The van der Waals surface area contributed by atoms with Crippen LogP contribution in [0.4, 0.5) is 4.79 Å². The van der Waals surface area contributed by atoms with Gasteiger partial charge in [0.05, 0.1) is 6.61 Å². The van der Waals surface area contributed by atoms with E-state index in [1.54, 1.807) is 6.92 Å². The maximum absolute atomic E-state index is 10.1. The third-order valence-electron chi connectivity index (χ3n) is 0.401. The Hall–Kier alpha value is -1.06. The molecule has 0 aromatic rings. The van der Waals surface area contributed by atoms with Crippen molar-refractivity contribution >= 4 is 12.9 Å². The molecule has 0 aromatic heterocycles. The summed E-state index contributed by atoms with van der Waals surface area (Å²) in [7, 11) is 0. The van der Waals surface area contributed by atoms with E-state index in [0.29, 0.717) is 0 Å². The molecule has 0 spiro atoms. The number of ether oxygens (including phenoxy) is 1. The van der Waals surface area contributed by atoms with Gasteiger partial charge in [-0.1, -0.05) is 5.16 Å². The Morgan fingerprint density at radius 2 is 2.50 bits per heavy atom. The summed E-state index contributed by atoms with van der Waals surface area (Å²) in [5.41, 5.74) is 0. The van der Waals surface area contributed by atoms with Gasteiger partial charge in [-0.25, -0.2) is 4.79 Å². The van der Waals surface area contributed by atoms with Crippen molar-refractivity contribution in [1.82, 2.24) is 0 Å². The maximum atomic E-state index is 10.1. The van der Waals surface area contributed by atoms with E-state index in [2.05, 4.69) is 21.4 Å². The van der Waals surface area contributed by atoms with Crippen LogP contribution in [0.3, 0.4) is 0 Å². The monoisotopic (exact) mass is 117 g/mol. The summed E-state index contributed by atoms with van der Waals surface area (Å²) in [5, 5.41) is 2.83. The molecule has 0 bridgehead atoms. The lowest BCUT2D eigenvalue weighted by molar-refractivity contribution is 0.0622. The fourth-order valence-corrected chi connectivity index (χ4v) is 0.197. The predicted molar refractivity (Wildman–Crippen MR) is 27.7 cm³/mol. The molecule has 0 aliphatic rings. The van der Waals surface area contributed by atoms with Crippen LogP contribution < -0.4 is 0 Å². The van der Waals surface area contributed by atoms with Crippen molar-refractivity contribution < 1.29 is 14.4 Å². The topological polar surface area (TPSA) is 47.9 Å². The molecule has 4 heteroatoms. The lowest BCUT2D eigenvalue weighted by atomic mass is 10.9. The van der Waals surface area contributed by atoms with Crippen LogP contribution in [-0.4, -0.2) is 19.5 Å². The molecule has 0 saturated carbocycles. The molecule has 4 nitrogen and oxygen atoms in total. The number of rotatable bonds is 2. The first kappa shape index (κ1) is 6.94. The second kappa shape index (κ2) is 4.11. The highest BCUT2D eigenvalue weighted by Crippen LogP contribution is 1.82. The zero-order valence-corrected chi connectivity index (χ0v) is 4.59. The summed E-state index contributed by atoms with van der Waals surface area (Å²) in [6, 6.07) is 0. The lowest BCUT2D eigenvalue weighted by Crippen LogP contribution is -2.01. The van der Waals surface area contributed by atoms with Crippen molar-refractivity contribution in [2.24, 2.45) is 5.16 Å². The molecule has 0 aromatic carbocycles. The number of carbonyl (C=O) groups excluding carboxylic acids is 1. The smallest absolute Gasteiger partial charge is 0.433 e. The third-order valence-corrected chi connectivity index (χ3v) is 0.401. The largest absolute Gasteiger partial charge is 0.535 e. The van der Waals surface area contributed by atoms with Gasteiger partial charge in [-0.2, -0.15) is 0 Å². The molecule has 0 N–H and O–H groups in total. The van der Waals surface area contributed by atoms with Crippen molar-refractivity contribution in [3.8, 4) is 0 Å². The van der Waals surface area contributed by atoms with Crippen LogP contribution in [0.15, 0.2) is 5.16 Å². The van der Waals surface area contributed by atoms with Crippen molar-refractivity contribution in [1.29, 1.82) is 0 Å². The number of carbonyl (C=O) groups is 1. The molecule has 0 heterocycles. The minimum absolute atomic E-state index is 0.286. The highest BCUT2D eigenvalue weighted by Gasteiger charge is 1.96. The highest BCUT2D eigenvalue weighted by atomic mass is 16.8. The van der Waals surface area contributed by atoms with Crippen LogP contribution in [0.5, 0.6) is 0 Å². The van der Waals surface area contributed by atoms with E-state index in [1.165, 1.54) is 0 Å². The Morgan fingerprint density at radius 3 is 2.88 bits per heavy atom. The lowest BCUT2D eigenvalue weighted by Gasteiger charge is -1.93. The number of nitrogens with zero attached hydrogens (tertiary/aromatic N) is 1. The van der Waals surface area contributed by atoms with E-state index in [0.717, 1.165) is 0 Å². The van der Waals surface area contributed by atoms with E-state index in [-0.39, 0.29) is 6.61 Å². The molecule has 8 heavy (non-hydrogen) atoms. The van der Waals surface area contributed by atoms with Gasteiger partial charge in [0, 0.05) is 6.72 Å². The van der Waals surface area contributed by atoms with Crippen molar-refractivity contribution in [3.63, 3.8) is 0 Å². The zero-order valence-electron chi connectivity index (χ0n) is 4.59. The van der Waals surface area contributed by atoms with Gasteiger partial charge in [0.25, 0.3) is 0 Å². The Morgan fingerprint density at radius 1 is 1.88 bits per heavy atom. The van der Waals surface area contributed by atoms with Crippen molar-refractivity contribution in [2.75, 3.05) is 6.61 Å². The minimum Gasteiger partial charge on any atom is -0.433 e. The van der Waals surface area contributed by atoms with Crippen LogP contribution >= 0.6 is 0 Å². The maximum Gasteiger partial charge on any atom is 0.535 e. The van der Waals surface area contributed by atoms with Crippen molar-refractivity contribution in [2.45, 2.75) is 6.92 Å². The normalized spacial score (nSPS) is 7.62. The predicted octanol–water partition coefficient (Wildman–Crippen LogP) is 0.775. The van der Waals surface area contributed by atoms with Gasteiger partial charge < -0.3 is 4.74 Å². The van der Waals surface area contributed by atoms with Crippen LogP contribution in [0.2, 0.25) is 0 Å². The molecule has 0 radical (unpaired) electrons. The molecule has 0 fully saturated rings. The third kappa shape index (κ3) is 3.14. The summed E-state index contributed by atoms with van der Waals surface area (Å²) in [6.07, 6.45) is -0.817. The Bertz CT molecular complexity index is 91.3. The van der Waals surface area contributed by atoms with Crippen LogP contribution in [-0.2, 0) is 9.57 Å². The van der Waals surface area contributed by atoms with E-state index in [1.807, 2.05) is 0 Å². The minimum atomic E-state index is -0.817. The van der Waals surface area contributed by atoms with Crippen LogP contribution in [0, 0.1) is 0 Å². The highest BCUT2D eigenvalue weighted by molar-refractivity contribution is 5.59. The number of hydrogen-bond donors (Lipinski definition) is 0. The van der Waals surface area contributed by atoms with Crippen LogP contribution in [0.25, 0.3) is 0 Å². The first-order chi connectivity index (χ1) is 3.81. The molecule has 0 rings (SSSR count).